The van der Waals surface area contributed by atoms with Gasteiger partial charge in [0.1, 0.15) is 5.75 Å². The molecule has 0 spiro atoms. The molecule has 1 aromatic heterocycles. The van der Waals surface area contributed by atoms with E-state index in [2.05, 4.69) is 0 Å². The molecule has 5 rings (SSSR count). The molecule has 3 aromatic carbocycles. The Bertz CT molecular complexity index is 1270. The minimum atomic E-state index is 0.106. The smallest absolute Gasteiger partial charge is 0.189 e. The first-order chi connectivity index (χ1) is 15.2. The van der Waals surface area contributed by atoms with Crippen molar-refractivity contribution in [1.82, 2.24) is 9.78 Å². The third-order valence-electron chi connectivity index (χ3n) is 5.67. The molecule has 4 nitrogen and oxygen atoms in total. The molecule has 1 heterocycles. The molecule has 1 aliphatic carbocycles. The van der Waals surface area contributed by atoms with Gasteiger partial charge in [0, 0.05) is 28.5 Å². The van der Waals surface area contributed by atoms with E-state index >= 15 is 0 Å². The normalized spacial score (nSPS) is 14.5. The Morgan fingerprint density at radius 3 is 2.42 bits per heavy atom. The molecule has 0 fully saturated rings. The molecule has 0 saturated heterocycles. The van der Waals surface area contributed by atoms with Crippen molar-refractivity contribution in [2.24, 2.45) is 0 Å². The van der Waals surface area contributed by atoms with Crippen molar-refractivity contribution < 1.29 is 9.53 Å². The number of allylic oxidation sites excluding steroid dienone is 1. The van der Waals surface area contributed by atoms with Crippen molar-refractivity contribution in [1.29, 1.82) is 0 Å². The van der Waals surface area contributed by atoms with E-state index in [1.54, 1.807) is 7.11 Å². The lowest BCUT2D eigenvalue weighted by atomic mass is 9.86. The molecule has 0 atom stereocenters. The second-order valence-corrected chi connectivity index (χ2v) is 7.60. The Morgan fingerprint density at radius 2 is 1.65 bits per heavy atom. The van der Waals surface area contributed by atoms with E-state index in [0.29, 0.717) is 0 Å². The summed E-state index contributed by atoms with van der Waals surface area (Å²) in [4.78, 5) is 13.1. The zero-order chi connectivity index (χ0) is 21.2. The summed E-state index contributed by atoms with van der Waals surface area (Å²) >= 11 is 0. The first-order valence-corrected chi connectivity index (χ1v) is 10.4. The van der Waals surface area contributed by atoms with Crippen LogP contribution in [-0.2, 0) is 6.42 Å². The number of ketones is 1. The molecule has 0 amide bonds. The molecule has 152 valence electrons. The lowest BCUT2D eigenvalue weighted by Crippen LogP contribution is -2.13. The summed E-state index contributed by atoms with van der Waals surface area (Å²) in [7, 11) is 1.65. The van der Waals surface area contributed by atoms with Crippen molar-refractivity contribution in [2.45, 2.75) is 12.8 Å². The van der Waals surface area contributed by atoms with Gasteiger partial charge >= 0.3 is 0 Å². The highest BCUT2D eigenvalue weighted by Crippen LogP contribution is 2.31. The lowest BCUT2D eigenvalue weighted by molar-refractivity contribution is 0.102. The van der Waals surface area contributed by atoms with Gasteiger partial charge in [0.25, 0.3) is 0 Å². The Kier molecular flexibility index (Phi) is 4.97. The average molecular weight is 406 g/mol. The third-order valence-corrected chi connectivity index (χ3v) is 5.67. The van der Waals surface area contributed by atoms with E-state index < -0.39 is 0 Å². The van der Waals surface area contributed by atoms with Crippen LogP contribution in [0.15, 0.2) is 90.6 Å². The SMILES string of the molecule is COc1ccc(-c2nn(-c3ccccc3)cc2/C=C2/CCc3ccccc3C2=O)cc1. The van der Waals surface area contributed by atoms with Crippen LogP contribution in [0.5, 0.6) is 5.75 Å². The van der Waals surface area contributed by atoms with Gasteiger partial charge in [-0.2, -0.15) is 5.10 Å². The molecule has 0 N–H and O–H groups in total. The predicted molar refractivity (Wildman–Crippen MR) is 123 cm³/mol. The van der Waals surface area contributed by atoms with Crippen LogP contribution in [0.1, 0.15) is 27.9 Å². The molecule has 0 aliphatic heterocycles. The van der Waals surface area contributed by atoms with Gasteiger partial charge in [-0.3, -0.25) is 4.79 Å². The van der Waals surface area contributed by atoms with Gasteiger partial charge in [-0.25, -0.2) is 4.68 Å². The second-order valence-electron chi connectivity index (χ2n) is 7.60. The van der Waals surface area contributed by atoms with Crippen molar-refractivity contribution >= 4 is 11.9 Å². The van der Waals surface area contributed by atoms with Crippen LogP contribution in [0.3, 0.4) is 0 Å². The Labute approximate surface area is 181 Å². The van der Waals surface area contributed by atoms with Gasteiger partial charge in [0.15, 0.2) is 5.78 Å². The maximum absolute atomic E-state index is 13.1. The number of ether oxygens (including phenoxy) is 1. The highest BCUT2D eigenvalue weighted by molar-refractivity contribution is 6.13. The molecule has 1 aliphatic rings. The van der Waals surface area contributed by atoms with E-state index in [-0.39, 0.29) is 5.78 Å². The number of aryl methyl sites for hydroxylation is 1. The van der Waals surface area contributed by atoms with Crippen LogP contribution in [0.25, 0.3) is 23.0 Å². The zero-order valence-corrected chi connectivity index (χ0v) is 17.3. The molecule has 0 bridgehead atoms. The number of hydrogen-bond donors (Lipinski definition) is 0. The Hall–Kier alpha value is -3.92. The Morgan fingerprint density at radius 1 is 0.903 bits per heavy atom. The maximum Gasteiger partial charge on any atom is 0.189 e. The monoisotopic (exact) mass is 406 g/mol. The molecular weight excluding hydrogens is 384 g/mol. The minimum absolute atomic E-state index is 0.106. The minimum Gasteiger partial charge on any atom is -0.497 e. The predicted octanol–water partition coefficient (Wildman–Crippen LogP) is 5.76. The number of para-hydroxylation sites is 1. The fourth-order valence-corrected chi connectivity index (χ4v) is 4.02. The number of nitrogens with zero attached hydrogens (tertiary/aromatic N) is 2. The third kappa shape index (κ3) is 3.68. The van der Waals surface area contributed by atoms with Crippen LogP contribution < -0.4 is 4.74 Å². The molecule has 4 aromatic rings. The van der Waals surface area contributed by atoms with Gasteiger partial charge in [-0.1, -0.05) is 42.5 Å². The van der Waals surface area contributed by atoms with Crippen LogP contribution >= 0.6 is 0 Å². The highest BCUT2D eigenvalue weighted by Gasteiger charge is 2.22. The number of benzene rings is 3. The summed E-state index contributed by atoms with van der Waals surface area (Å²) in [6.45, 7) is 0. The van der Waals surface area contributed by atoms with Crippen molar-refractivity contribution in [3.8, 4) is 22.7 Å². The number of hydrogen-bond acceptors (Lipinski definition) is 3. The maximum atomic E-state index is 13.1. The number of carbonyl (C=O) groups excluding carboxylic acids is 1. The second kappa shape index (κ2) is 8.07. The summed E-state index contributed by atoms with van der Waals surface area (Å²) in [5.41, 5.74) is 6.47. The molecule has 31 heavy (non-hydrogen) atoms. The van der Waals surface area contributed by atoms with Crippen LogP contribution in [0.2, 0.25) is 0 Å². The van der Waals surface area contributed by atoms with E-state index in [0.717, 1.165) is 57.8 Å². The molecule has 0 unspecified atom stereocenters. The summed E-state index contributed by atoms with van der Waals surface area (Å²) in [6.07, 6.45) is 5.60. The van der Waals surface area contributed by atoms with E-state index in [1.807, 2.05) is 95.8 Å². The fourth-order valence-electron chi connectivity index (χ4n) is 4.02. The van der Waals surface area contributed by atoms with Crippen molar-refractivity contribution in [3.63, 3.8) is 0 Å². The highest BCUT2D eigenvalue weighted by atomic mass is 16.5. The summed E-state index contributed by atoms with van der Waals surface area (Å²) in [5.74, 6) is 0.903. The lowest BCUT2D eigenvalue weighted by Gasteiger charge is -2.17. The zero-order valence-electron chi connectivity index (χ0n) is 17.3. The van der Waals surface area contributed by atoms with Crippen molar-refractivity contribution in [2.75, 3.05) is 7.11 Å². The molecule has 4 heteroatoms. The quantitative estimate of drug-likeness (QED) is 0.405. The first kappa shape index (κ1) is 19.1. The van der Waals surface area contributed by atoms with Gasteiger partial charge in [0.05, 0.1) is 18.5 Å². The number of rotatable bonds is 4. The number of carbonyl (C=O) groups is 1. The molecular formula is C27H22N2O2. The van der Waals surface area contributed by atoms with E-state index in [4.69, 9.17) is 9.84 Å². The van der Waals surface area contributed by atoms with Gasteiger partial charge in [0.2, 0.25) is 0 Å². The first-order valence-electron chi connectivity index (χ1n) is 10.4. The topological polar surface area (TPSA) is 44.1 Å². The number of fused-ring (bicyclic) bond motifs is 1. The summed E-state index contributed by atoms with van der Waals surface area (Å²) in [5, 5.41) is 4.86. The Balaban J connectivity index is 1.61. The van der Waals surface area contributed by atoms with E-state index in [1.165, 1.54) is 0 Å². The van der Waals surface area contributed by atoms with Gasteiger partial charge in [-0.05, 0) is 60.9 Å². The average Bonchev–Trinajstić information content (AvgIpc) is 3.25. The van der Waals surface area contributed by atoms with Gasteiger partial charge < -0.3 is 4.74 Å². The van der Waals surface area contributed by atoms with Crippen molar-refractivity contribution in [3.05, 3.63) is 107 Å². The number of Topliss-reactive ketones (excluding diaryl/α,β-unsaturated/α-hetero) is 1. The largest absolute Gasteiger partial charge is 0.497 e. The van der Waals surface area contributed by atoms with Crippen LogP contribution in [0.4, 0.5) is 0 Å². The standard InChI is InChI=1S/C27H22N2O2/c1-31-24-15-13-20(14-16-24)26-22(18-29(28-26)23-8-3-2-4-9-23)17-21-12-11-19-7-5-6-10-25(19)27(21)30/h2-10,13-18H,11-12H2,1H3/b21-17-. The van der Waals surface area contributed by atoms with Crippen LogP contribution in [-0.4, -0.2) is 22.7 Å². The number of methoxy groups -OCH3 is 1. The van der Waals surface area contributed by atoms with E-state index in [9.17, 15) is 4.79 Å². The van der Waals surface area contributed by atoms with Crippen LogP contribution in [0, 0.1) is 0 Å². The summed E-state index contributed by atoms with van der Waals surface area (Å²) < 4.78 is 7.16. The molecule has 0 radical (unpaired) electrons. The fraction of sp³-hybridized carbons (Fsp3) is 0.111. The molecule has 0 saturated carbocycles. The number of aromatic nitrogens is 2. The summed E-state index contributed by atoms with van der Waals surface area (Å²) in [6, 6.07) is 25.7. The van der Waals surface area contributed by atoms with Gasteiger partial charge in [-0.15, -0.1) is 0 Å².